The molecule has 9 nitrogen and oxygen atoms in total. The minimum absolute atomic E-state index is 0.00814. The van der Waals surface area contributed by atoms with Crippen LogP contribution in [0.3, 0.4) is 0 Å². The summed E-state index contributed by atoms with van der Waals surface area (Å²) in [7, 11) is 0. The fourth-order valence-corrected chi connectivity index (χ4v) is 3.59. The molecule has 4 rings (SSSR count). The summed E-state index contributed by atoms with van der Waals surface area (Å²) < 4.78 is 33.9. The van der Waals surface area contributed by atoms with Gasteiger partial charge in [0.15, 0.2) is 17.9 Å². The normalized spacial score (nSPS) is 24.5. The van der Waals surface area contributed by atoms with Gasteiger partial charge in [0.05, 0.1) is 11.9 Å². The highest BCUT2D eigenvalue weighted by atomic mass is 19.2. The van der Waals surface area contributed by atoms with E-state index >= 15 is 0 Å². The van der Waals surface area contributed by atoms with Crippen LogP contribution >= 0.6 is 0 Å². The summed E-state index contributed by atoms with van der Waals surface area (Å²) in [6.07, 6.45) is -4.06. The van der Waals surface area contributed by atoms with E-state index in [1.807, 2.05) is 0 Å². The number of fused-ring (bicyclic) bond motifs is 1. The van der Waals surface area contributed by atoms with Crippen LogP contribution in [-0.4, -0.2) is 60.5 Å². The van der Waals surface area contributed by atoms with Crippen molar-refractivity contribution in [3.05, 3.63) is 54.0 Å². The van der Waals surface area contributed by atoms with Gasteiger partial charge in [0.1, 0.15) is 48.0 Å². The quantitative estimate of drug-likeness (QED) is 0.453. The topological polar surface area (TPSA) is 130 Å². The van der Waals surface area contributed by atoms with Crippen molar-refractivity contribution in [2.45, 2.75) is 37.6 Å². The van der Waals surface area contributed by atoms with Crippen molar-refractivity contribution in [2.75, 3.05) is 11.9 Å². The number of aliphatic hydroxyl groups is 3. The van der Waals surface area contributed by atoms with E-state index in [0.717, 1.165) is 12.1 Å². The molecule has 0 bridgehead atoms. The molecule has 4 N–H and O–H groups in total. The molecular formula is C20H20F2N4O5. The molecule has 1 saturated heterocycles. The second-order valence-corrected chi connectivity index (χ2v) is 7.33. The van der Waals surface area contributed by atoms with Gasteiger partial charge in [-0.05, 0) is 30.7 Å². The molecule has 3 heterocycles. The third-order valence-electron chi connectivity index (χ3n) is 5.16. The summed E-state index contributed by atoms with van der Waals surface area (Å²) >= 11 is 0. The second-order valence-electron chi connectivity index (χ2n) is 7.33. The Morgan fingerprint density at radius 1 is 1.23 bits per heavy atom. The van der Waals surface area contributed by atoms with Crippen LogP contribution in [0.1, 0.15) is 24.8 Å². The van der Waals surface area contributed by atoms with E-state index < -0.39 is 42.3 Å². The Hall–Kier alpha value is -2.99. The van der Waals surface area contributed by atoms with E-state index in [1.165, 1.54) is 23.9 Å². The van der Waals surface area contributed by atoms with Crippen molar-refractivity contribution >= 4 is 22.6 Å². The third kappa shape index (κ3) is 3.88. The molecule has 1 aliphatic rings. The van der Waals surface area contributed by atoms with Crippen LogP contribution in [0.5, 0.6) is 0 Å². The lowest BCUT2D eigenvalue weighted by atomic mass is 9.99. The number of aromatic nitrogens is 3. The predicted octanol–water partition coefficient (Wildman–Crippen LogP) is 1.06. The van der Waals surface area contributed by atoms with E-state index in [-0.39, 0.29) is 17.9 Å². The molecule has 0 radical (unpaired) electrons. The van der Waals surface area contributed by atoms with Crippen molar-refractivity contribution in [3.8, 4) is 0 Å². The summed E-state index contributed by atoms with van der Waals surface area (Å²) in [6.45, 7) is 1.50. The van der Waals surface area contributed by atoms with Crippen molar-refractivity contribution < 1.29 is 33.6 Å². The number of nitrogens with one attached hydrogen (secondary N) is 1. The number of ketones is 1. The summed E-state index contributed by atoms with van der Waals surface area (Å²) in [4.78, 5) is 19.5. The molecule has 2 aromatic heterocycles. The van der Waals surface area contributed by atoms with Gasteiger partial charge in [-0.15, -0.1) is 0 Å². The van der Waals surface area contributed by atoms with Crippen molar-refractivity contribution in [3.63, 3.8) is 0 Å². The van der Waals surface area contributed by atoms with Crippen LogP contribution in [0.2, 0.25) is 0 Å². The van der Waals surface area contributed by atoms with E-state index in [2.05, 4.69) is 15.3 Å². The Bertz CT molecular complexity index is 1120. The molecule has 31 heavy (non-hydrogen) atoms. The van der Waals surface area contributed by atoms with E-state index in [1.54, 1.807) is 12.3 Å². The average Bonchev–Trinajstić information content (AvgIpc) is 3.29. The summed E-state index contributed by atoms with van der Waals surface area (Å²) in [5.41, 5.74) is 0.353. The first kappa shape index (κ1) is 21.2. The van der Waals surface area contributed by atoms with Gasteiger partial charge in [-0.1, -0.05) is 6.07 Å². The Kier molecular flexibility index (Phi) is 5.67. The van der Waals surface area contributed by atoms with Crippen molar-refractivity contribution in [1.82, 2.24) is 14.5 Å². The van der Waals surface area contributed by atoms with Gasteiger partial charge in [0.25, 0.3) is 0 Å². The second kappa shape index (κ2) is 8.27. The van der Waals surface area contributed by atoms with Gasteiger partial charge in [0, 0.05) is 6.20 Å². The predicted molar refractivity (Wildman–Crippen MR) is 104 cm³/mol. The maximum Gasteiger partial charge on any atom is 0.164 e. The average molecular weight is 434 g/mol. The fourth-order valence-electron chi connectivity index (χ4n) is 3.59. The molecule has 0 spiro atoms. The Morgan fingerprint density at radius 3 is 2.71 bits per heavy atom. The van der Waals surface area contributed by atoms with E-state index in [0.29, 0.717) is 16.9 Å². The molecule has 11 heteroatoms. The molecule has 3 aromatic rings. The first-order chi connectivity index (χ1) is 14.8. The van der Waals surface area contributed by atoms with Crippen LogP contribution in [0.25, 0.3) is 11.0 Å². The number of Topliss-reactive ketones (excluding diaryl/α,β-unsaturated/α-hetero) is 1. The Labute approximate surface area is 174 Å². The fraction of sp³-hybridized carbons (Fsp3) is 0.350. The number of ether oxygens (including phenoxy) is 1. The lowest BCUT2D eigenvalue weighted by molar-refractivity contribution is -0.115. The van der Waals surface area contributed by atoms with Crippen LogP contribution < -0.4 is 5.32 Å². The van der Waals surface area contributed by atoms with Gasteiger partial charge in [0.2, 0.25) is 0 Å². The molecule has 1 fully saturated rings. The van der Waals surface area contributed by atoms with E-state index in [9.17, 15) is 28.9 Å². The highest BCUT2D eigenvalue weighted by molar-refractivity contribution is 5.89. The molecule has 0 unspecified atom stereocenters. The zero-order chi connectivity index (χ0) is 22.3. The zero-order valence-corrected chi connectivity index (χ0v) is 16.3. The molecule has 1 aliphatic heterocycles. The number of carbonyl (C=O) groups is 1. The first-order valence-electron chi connectivity index (χ1n) is 9.47. The lowest BCUT2D eigenvalue weighted by Crippen LogP contribution is -2.34. The van der Waals surface area contributed by atoms with Gasteiger partial charge in [-0.3, -0.25) is 4.79 Å². The maximum atomic E-state index is 13.5. The molecule has 1 aromatic carbocycles. The number of benzene rings is 1. The smallest absolute Gasteiger partial charge is 0.164 e. The van der Waals surface area contributed by atoms with E-state index in [4.69, 9.17) is 4.74 Å². The Morgan fingerprint density at radius 2 is 2.00 bits per heavy atom. The number of anilines is 1. The molecule has 0 amide bonds. The highest BCUT2D eigenvalue weighted by Crippen LogP contribution is 2.38. The SMILES string of the molecule is CC(=O)CNc1ncnc2c1ccn2[C@@H]1O[C@H]([C@H](O)c2ccc(F)c(F)c2)[C@@H](O)[C@H]1O. The van der Waals surface area contributed by atoms with Crippen molar-refractivity contribution in [2.24, 2.45) is 0 Å². The van der Waals surface area contributed by atoms with Crippen LogP contribution in [0.4, 0.5) is 14.6 Å². The number of hydrogen-bond donors (Lipinski definition) is 4. The monoisotopic (exact) mass is 434 g/mol. The van der Waals surface area contributed by atoms with Gasteiger partial charge in [-0.2, -0.15) is 0 Å². The number of rotatable bonds is 6. The van der Waals surface area contributed by atoms with Crippen LogP contribution in [0, 0.1) is 11.6 Å². The molecule has 164 valence electrons. The first-order valence-corrected chi connectivity index (χ1v) is 9.47. The number of aliphatic hydroxyl groups excluding tert-OH is 3. The van der Waals surface area contributed by atoms with Gasteiger partial charge < -0.3 is 29.9 Å². The molecular weight excluding hydrogens is 414 g/mol. The summed E-state index contributed by atoms with van der Waals surface area (Å²) in [6, 6.07) is 4.49. The Balaban J connectivity index is 1.62. The third-order valence-corrected chi connectivity index (χ3v) is 5.16. The largest absolute Gasteiger partial charge is 0.387 e. The molecule has 0 saturated carbocycles. The molecule has 5 atom stereocenters. The lowest BCUT2D eigenvalue weighted by Gasteiger charge is -2.21. The zero-order valence-electron chi connectivity index (χ0n) is 16.3. The van der Waals surface area contributed by atoms with Crippen molar-refractivity contribution in [1.29, 1.82) is 0 Å². The van der Waals surface area contributed by atoms with Gasteiger partial charge in [-0.25, -0.2) is 18.7 Å². The number of halogens is 2. The minimum Gasteiger partial charge on any atom is -0.387 e. The number of carbonyl (C=O) groups excluding carboxylic acids is 1. The minimum atomic E-state index is -1.52. The number of hydrogen-bond acceptors (Lipinski definition) is 8. The standard InChI is InChI=1S/C20H20F2N4O5/c1-9(27)7-23-18-11-4-5-26(19(11)25-8-24-18)20-16(30)15(29)17(31-20)14(28)10-2-3-12(21)13(22)6-10/h2-6,8,14-17,20,28-30H,7H2,1H3,(H,23,24,25)/t14-,15+,16-,17-,20-/m1/s1. The van der Waals surface area contributed by atoms with Crippen LogP contribution in [0.15, 0.2) is 36.8 Å². The summed E-state index contributed by atoms with van der Waals surface area (Å²) in [5, 5.41) is 35.0. The summed E-state index contributed by atoms with van der Waals surface area (Å²) in [5.74, 6) is -1.91. The van der Waals surface area contributed by atoms with Gasteiger partial charge >= 0.3 is 0 Å². The highest BCUT2D eigenvalue weighted by Gasteiger charge is 2.47. The molecule has 0 aliphatic carbocycles. The number of nitrogens with zero attached hydrogens (tertiary/aromatic N) is 3. The maximum absolute atomic E-state index is 13.5. The van der Waals surface area contributed by atoms with Crippen LogP contribution in [-0.2, 0) is 9.53 Å².